The summed E-state index contributed by atoms with van der Waals surface area (Å²) in [5.41, 5.74) is 10.5. The fourth-order valence-corrected chi connectivity index (χ4v) is 8.35. The summed E-state index contributed by atoms with van der Waals surface area (Å²) in [7, 11) is 2.10. The number of pyridine rings is 1. The lowest BCUT2D eigenvalue weighted by Crippen LogP contribution is -2.31. The molecule has 5 aromatic rings. The van der Waals surface area contributed by atoms with Gasteiger partial charge in [-0.25, -0.2) is 4.57 Å². The molecule has 0 spiro atoms. The Labute approximate surface area is 262 Å². The van der Waals surface area contributed by atoms with Gasteiger partial charge < -0.3 is 4.42 Å². The maximum absolute atomic E-state index is 10.2. The summed E-state index contributed by atoms with van der Waals surface area (Å²) >= 11 is 0. The van der Waals surface area contributed by atoms with E-state index in [9.17, 15) is 5.26 Å². The number of aromatic nitrogens is 1. The minimum Gasteiger partial charge on any atom is -0.454 e. The largest absolute Gasteiger partial charge is 0.454 e. The molecule has 7 rings (SSSR count). The average Bonchev–Trinajstić information content (AvgIpc) is 3.44. The summed E-state index contributed by atoms with van der Waals surface area (Å²) in [5, 5.41) is 12.4. The van der Waals surface area contributed by atoms with Crippen molar-refractivity contribution in [2.75, 3.05) is 0 Å². The second kappa shape index (κ2) is 11.9. The van der Waals surface area contributed by atoms with Gasteiger partial charge in [0.15, 0.2) is 6.20 Å². The number of furan rings is 1. The average molecular weight is 582 g/mol. The first-order chi connectivity index (χ1) is 21.4. The van der Waals surface area contributed by atoms with Gasteiger partial charge in [0.25, 0.3) is 0 Å². The molecular formula is C41H45N2O+. The van der Waals surface area contributed by atoms with Gasteiger partial charge in [-0.1, -0.05) is 82.3 Å². The molecule has 0 radical (unpaired) electrons. The third kappa shape index (κ3) is 5.13. The van der Waals surface area contributed by atoms with Crippen molar-refractivity contribution in [3.8, 4) is 28.5 Å². The van der Waals surface area contributed by atoms with E-state index in [1.54, 1.807) is 0 Å². The minimum absolute atomic E-state index is 0.435. The first kappa shape index (κ1) is 28.8. The summed E-state index contributed by atoms with van der Waals surface area (Å²) in [4.78, 5) is 0. The highest BCUT2D eigenvalue weighted by Crippen LogP contribution is 2.45. The predicted octanol–water partition coefficient (Wildman–Crippen LogP) is 10.9. The van der Waals surface area contributed by atoms with Gasteiger partial charge in [-0.3, -0.25) is 0 Å². The second-order valence-electron chi connectivity index (χ2n) is 14.0. The zero-order valence-corrected chi connectivity index (χ0v) is 26.8. The van der Waals surface area contributed by atoms with Crippen LogP contribution in [0.25, 0.3) is 44.3 Å². The number of nitrogens with zero attached hydrogens (tertiary/aromatic N) is 2. The number of hydrogen-bond acceptors (Lipinski definition) is 2. The first-order valence-corrected chi connectivity index (χ1v) is 16.9. The molecule has 2 saturated carbocycles. The Bertz CT molecular complexity index is 1860. The van der Waals surface area contributed by atoms with Gasteiger partial charge in [-0.05, 0) is 90.7 Å². The van der Waals surface area contributed by atoms with Crippen molar-refractivity contribution in [3.05, 3.63) is 89.1 Å². The van der Waals surface area contributed by atoms with E-state index >= 15 is 0 Å². The van der Waals surface area contributed by atoms with Crippen molar-refractivity contribution in [2.24, 2.45) is 18.9 Å². The Hall–Kier alpha value is -3.90. The van der Waals surface area contributed by atoms with E-state index in [1.807, 2.05) is 6.07 Å². The van der Waals surface area contributed by atoms with Crippen LogP contribution in [0, 0.1) is 30.1 Å². The standard InChI is InChI=1S/C41H45N2O/c1-26(2)33-22-23-43(4)37(24-33)38-27(3)10-20-35-36-21-19-34(25-42)39(41(36)44-40(35)38)32-17-15-31(16-18-32)30-13-11-29(12-14-30)28-8-6-5-7-9-28/h10,15-24,26,28-30H,5-9,11-14H2,1-4H3/q+1. The fourth-order valence-electron chi connectivity index (χ4n) is 8.35. The zero-order valence-electron chi connectivity index (χ0n) is 26.8. The molecule has 2 aromatic heterocycles. The third-order valence-electron chi connectivity index (χ3n) is 11.0. The molecule has 0 bridgehead atoms. The second-order valence-corrected chi connectivity index (χ2v) is 14.0. The Balaban J connectivity index is 1.26. The van der Waals surface area contributed by atoms with Gasteiger partial charge in [-0.15, -0.1) is 0 Å². The maximum atomic E-state index is 10.2. The zero-order chi connectivity index (χ0) is 30.4. The van der Waals surface area contributed by atoms with Crippen LogP contribution in [0.4, 0.5) is 0 Å². The lowest BCUT2D eigenvalue weighted by atomic mass is 9.70. The van der Waals surface area contributed by atoms with Crippen molar-refractivity contribution < 1.29 is 8.98 Å². The summed E-state index contributed by atoms with van der Waals surface area (Å²) < 4.78 is 9.04. The molecule has 44 heavy (non-hydrogen) atoms. The van der Waals surface area contributed by atoms with Gasteiger partial charge in [0.1, 0.15) is 18.2 Å². The summed E-state index contributed by atoms with van der Waals surface area (Å²) in [5.74, 6) is 3.00. The van der Waals surface area contributed by atoms with Crippen LogP contribution in [0.2, 0.25) is 0 Å². The van der Waals surface area contributed by atoms with E-state index < -0.39 is 0 Å². The van der Waals surface area contributed by atoms with Crippen molar-refractivity contribution in [1.29, 1.82) is 5.26 Å². The van der Waals surface area contributed by atoms with E-state index in [1.165, 1.54) is 74.5 Å². The molecule has 2 heterocycles. The number of hydrogen-bond donors (Lipinski definition) is 0. The topological polar surface area (TPSA) is 40.8 Å². The van der Waals surface area contributed by atoms with Crippen LogP contribution in [0.15, 0.2) is 71.3 Å². The number of fused-ring (bicyclic) bond motifs is 3. The van der Waals surface area contributed by atoms with Crippen LogP contribution in [0.3, 0.4) is 0 Å². The van der Waals surface area contributed by atoms with Gasteiger partial charge >= 0.3 is 0 Å². The monoisotopic (exact) mass is 581 g/mol. The number of benzene rings is 3. The third-order valence-corrected chi connectivity index (χ3v) is 11.0. The van der Waals surface area contributed by atoms with Crippen LogP contribution >= 0.6 is 0 Å². The van der Waals surface area contributed by atoms with Gasteiger partial charge in [0, 0.05) is 28.5 Å². The van der Waals surface area contributed by atoms with Crippen molar-refractivity contribution in [1.82, 2.24) is 0 Å². The van der Waals surface area contributed by atoms with Gasteiger partial charge in [-0.2, -0.15) is 5.26 Å². The van der Waals surface area contributed by atoms with E-state index in [0.29, 0.717) is 17.4 Å². The van der Waals surface area contributed by atoms with Gasteiger partial charge in [0.05, 0.1) is 17.2 Å². The van der Waals surface area contributed by atoms with Crippen LogP contribution in [-0.4, -0.2) is 0 Å². The highest BCUT2D eigenvalue weighted by Gasteiger charge is 2.29. The highest BCUT2D eigenvalue weighted by atomic mass is 16.3. The first-order valence-electron chi connectivity index (χ1n) is 16.9. The number of nitriles is 1. The smallest absolute Gasteiger partial charge is 0.216 e. The molecular weight excluding hydrogens is 536 g/mol. The Morgan fingerprint density at radius 2 is 1.43 bits per heavy atom. The molecule has 0 N–H and O–H groups in total. The molecule has 0 atom stereocenters. The molecule has 0 unspecified atom stereocenters. The van der Waals surface area contributed by atoms with Crippen molar-refractivity contribution in [2.45, 2.75) is 90.4 Å². The maximum Gasteiger partial charge on any atom is 0.216 e. The van der Waals surface area contributed by atoms with Crippen LogP contribution in [-0.2, 0) is 7.05 Å². The summed E-state index contributed by atoms with van der Waals surface area (Å²) in [6, 6.07) is 24.4. The SMILES string of the molecule is Cc1ccc2c(oc3c(-c4ccc(C5CCC(C6CCCCC6)CC5)cc4)c(C#N)ccc32)c1-c1cc(C(C)C)cc[n+]1C. The van der Waals surface area contributed by atoms with Crippen molar-refractivity contribution >= 4 is 21.9 Å². The predicted molar refractivity (Wildman–Crippen MR) is 181 cm³/mol. The number of aryl methyl sites for hydroxylation is 2. The Morgan fingerprint density at radius 1 is 0.773 bits per heavy atom. The normalized spacial score (nSPS) is 19.5. The molecule has 2 fully saturated rings. The van der Waals surface area contributed by atoms with Crippen LogP contribution < -0.4 is 4.57 Å². The van der Waals surface area contributed by atoms with Gasteiger partial charge in [0.2, 0.25) is 5.69 Å². The quantitative estimate of drug-likeness (QED) is 0.194. The van der Waals surface area contributed by atoms with Crippen LogP contribution in [0.1, 0.15) is 106 Å². The molecule has 0 saturated heterocycles. The van der Waals surface area contributed by atoms with Crippen molar-refractivity contribution in [3.63, 3.8) is 0 Å². The molecule has 3 heteroatoms. The van der Waals surface area contributed by atoms with E-state index in [4.69, 9.17) is 4.42 Å². The van der Waals surface area contributed by atoms with E-state index in [2.05, 4.69) is 99.2 Å². The molecule has 0 amide bonds. The lowest BCUT2D eigenvalue weighted by molar-refractivity contribution is -0.660. The van der Waals surface area contributed by atoms with E-state index in [-0.39, 0.29) is 0 Å². The highest BCUT2D eigenvalue weighted by molar-refractivity contribution is 6.14. The fraction of sp³-hybridized carbons (Fsp3) is 0.415. The molecule has 224 valence electrons. The molecule has 2 aliphatic carbocycles. The van der Waals surface area contributed by atoms with E-state index in [0.717, 1.165) is 56.2 Å². The Kier molecular flexibility index (Phi) is 7.79. The minimum atomic E-state index is 0.435. The molecule has 3 aromatic carbocycles. The molecule has 3 nitrogen and oxygen atoms in total. The number of rotatable bonds is 5. The molecule has 2 aliphatic rings. The summed E-state index contributed by atoms with van der Waals surface area (Å²) in [6.45, 7) is 6.63. The van der Waals surface area contributed by atoms with Crippen LogP contribution in [0.5, 0.6) is 0 Å². The molecule has 0 aliphatic heterocycles. The Morgan fingerprint density at radius 3 is 2.11 bits per heavy atom. The summed E-state index contributed by atoms with van der Waals surface area (Å²) in [6.07, 6.45) is 14.8. The lowest BCUT2D eigenvalue weighted by Gasteiger charge is -2.36.